The molecule has 1 aromatic heterocycles. The molecule has 1 heterocycles. The molecule has 0 spiro atoms. The van der Waals surface area contributed by atoms with Crippen molar-refractivity contribution in [2.24, 2.45) is 0 Å². The van der Waals surface area contributed by atoms with Gasteiger partial charge in [-0.15, -0.1) is 0 Å². The lowest BCUT2D eigenvalue weighted by molar-refractivity contribution is 0.0589. The first-order valence-corrected chi connectivity index (χ1v) is 3.99. The van der Waals surface area contributed by atoms with Crippen molar-refractivity contribution >= 4 is 11.9 Å². The van der Waals surface area contributed by atoms with Crippen molar-refractivity contribution < 1.29 is 24.2 Å². The molecule has 7 nitrogen and oxygen atoms in total. The highest BCUT2D eigenvalue weighted by Gasteiger charge is 2.23. The van der Waals surface area contributed by atoms with Crippen LogP contribution in [-0.4, -0.2) is 41.5 Å². The smallest absolute Gasteiger partial charge is 0.356 e. The van der Waals surface area contributed by atoms with Crippen molar-refractivity contribution in [3.63, 3.8) is 0 Å². The number of rotatable bonds is 4. The lowest BCUT2D eigenvalue weighted by atomic mass is 10.2. The first-order valence-electron chi connectivity index (χ1n) is 3.99. The third kappa shape index (κ3) is 2.13. The molecule has 1 rings (SSSR count). The van der Waals surface area contributed by atoms with Crippen LogP contribution in [0.3, 0.4) is 0 Å². The number of carboxylic acids is 1. The molecule has 0 aliphatic carbocycles. The monoisotopic (exact) mass is 214 g/mol. The summed E-state index contributed by atoms with van der Waals surface area (Å²) in [5, 5.41) is 14.6. The number of carboxylic acid groups (broad SMARTS) is 1. The molecule has 0 amide bonds. The molecular weight excluding hydrogens is 204 g/mol. The Kier molecular flexibility index (Phi) is 3.40. The molecule has 0 aromatic carbocycles. The van der Waals surface area contributed by atoms with E-state index < -0.39 is 11.9 Å². The van der Waals surface area contributed by atoms with E-state index in [0.29, 0.717) is 0 Å². The van der Waals surface area contributed by atoms with Crippen molar-refractivity contribution in [3.05, 3.63) is 17.0 Å². The van der Waals surface area contributed by atoms with E-state index in [2.05, 4.69) is 14.9 Å². The molecule has 0 aliphatic rings. The van der Waals surface area contributed by atoms with Gasteiger partial charge in [0, 0.05) is 12.7 Å². The number of nitrogens with one attached hydrogen (secondary N) is 1. The molecule has 0 radical (unpaired) electrons. The Morgan fingerprint density at radius 3 is 2.60 bits per heavy atom. The standard InChI is InChI=1S/C8H10N2O5/c1-14-3-4-5(7(11)12)9-10-6(4)8(13)15-2/h3H2,1-2H3,(H,9,10)(H,11,12). The topological polar surface area (TPSA) is 102 Å². The SMILES string of the molecule is COCc1c(C(=O)O)n[nH]c1C(=O)OC. The summed E-state index contributed by atoms with van der Waals surface area (Å²) in [4.78, 5) is 21.9. The number of hydrogen-bond acceptors (Lipinski definition) is 5. The van der Waals surface area contributed by atoms with Crippen LogP contribution >= 0.6 is 0 Å². The number of ether oxygens (including phenoxy) is 2. The molecular formula is C8H10N2O5. The molecule has 7 heteroatoms. The van der Waals surface area contributed by atoms with Gasteiger partial charge in [-0.1, -0.05) is 0 Å². The van der Waals surface area contributed by atoms with Crippen LogP contribution in [0.5, 0.6) is 0 Å². The second kappa shape index (κ2) is 4.56. The van der Waals surface area contributed by atoms with E-state index in [1.54, 1.807) is 0 Å². The maximum absolute atomic E-state index is 11.2. The highest BCUT2D eigenvalue weighted by atomic mass is 16.5. The van der Waals surface area contributed by atoms with Gasteiger partial charge >= 0.3 is 11.9 Å². The zero-order valence-electron chi connectivity index (χ0n) is 8.23. The number of esters is 1. The summed E-state index contributed by atoms with van der Waals surface area (Å²) in [5.74, 6) is -1.91. The van der Waals surface area contributed by atoms with E-state index in [9.17, 15) is 9.59 Å². The molecule has 2 N–H and O–H groups in total. The minimum Gasteiger partial charge on any atom is -0.476 e. The normalized spacial score (nSPS) is 10.0. The Balaban J connectivity index is 3.17. The summed E-state index contributed by atoms with van der Waals surface area (Å²) >= 11 is 0. The first-order chi connectivity index (χ1) is 7.11. The molecule has 0 atom stereocenters. The van der Waals surface area contributed by atoms with E-state index in [1.165, 1.54) is 14.2 Å². The summed E-state index contributed by atoms with van der Waals surface area (Å²) in [7, 11) is 2.58. The number of hydrogen-bond donors (Lipinski definition) is 2. The fourth-order valence-corrected chi connectivity index (χ4v) is 1.10. The predicted octanol–water partition coefficient (Wildman–Crippen LogP) is 0.0409. The lowest BCUT2D eigenvalue weighted by Crippen LogP contribution is -2.08. The highest BCUT2D eigenvalue weighted by Crippen LogP contribution is 2.13. The second-order valence-corrected chi connectivity index (χ2v) is 2.66. The molecule has 0 bridgehead atoms. The zero-order chi connectivity index (χ0) is 11.4. The van der Waals surface area contributed by atoms with Gasteiger partial charge in [0.25, 0.3) is 0 Å². The molecule has 1 aromatic rings. The Bertz CT molecular complexity index is 384. The highest BCUT2D eigenvalue weighted by molar-refractivity contribution is 5.94. The molecule has 0 fully saturated rings. The first kappa shape index (κ1) is 11.2. The van der Waals surface area contributed by atoms with Gasteiger partial charge in [-0.05, 0) is 0 Å². The van der Waals surface area contributed by atoms with Gasteiger partial charge in [-0.25, -0.2) is 9.59 Å². The Hall–Kier alpha value is -1.89. The van der Waals surface area contributed by atoms with Gasteiger partial charge in [0.15, 0.2) is 5.69 Å². The lowest BCUT2D eigenvalue weighted by Gasteiger charge is -2.00. The van der Waals surface area contributed by atoms with E-state index in [0.717, 1.165) is 0 Å². The van der Waals surface area contributed by atoms with Crippen molar-refractivity contribution in [1.82, 2.24) is 10.2 Å². The fourth-order valence-electron chi connectivity index (χ4n) is 1.10. The molecule has 82 valence electrons. The van der Waals surface area contributed by atoms with Gasteiger partial charge in [-0.2, -0.15) is 5.10 Å². The quantitative estimate of drug-likeness (QED) is 0.686. The van der Waals surface area contributed by atoms with Crippen LogP contribution in [0.15, 0.2) is 0 Å². The number of nitrogens with zero attached hydrogens (tertiary/aromatic N) is 1. The number of H-pyrrole nitrogens is 1. The second-order valence-electron chi connectivity index (χ2n) is 2.66. The van der Waals surface area contributed by atoms with Gasteiger partial charge < -0.3 is 14.6 Å². The number of carbonyl (C=O) groups excluding carboxylic acids is 1. The van der Waals surface area contributed by atoms with E-state index >= 15 is 0 Å². The largest absolute Gasteiger partial charge is 0.476 e. The summed E-state index contributed by atoms with van der Waals surface area (Å²) < 4.78 is 9.24. The van der Waals surface area contributed by atoms with Crippen LogP contribution in [0.25, 0.3) is 0 Å². The van der Waals surface area contributed by atoms with Crippen molar-refractivity contribution in [1.29, 1.82) is 0 Å². The minimum atomic E-state index is -1.23. The summed E-state index contributed by atoms with van der Waals surface area (Å²) in [6.45, 7) is -0.0252. The Labute approximate surface area is 85.0 Å². The van der Waals surface area contributed by atoms with Crippen LogP contribution in [-0.2, 0) is 16.1 Å². The molecule has 15 heavy (non-hydrogen) atoms. The predicted molar refractivity (Wildman–Crippen MR) is 47.6 cm³/mol. The number of carbonyl (C=O) groups is 2. The number of aromatic carboxylic acids is 1. The summed E-state index contributed by atoms with van der Waals surface area (Å²) in [6.07, 6.45) is 0. The molecule has 0 saturated heterocycles. The Morgan fingerprint density at radius 2 is 2.13 bits per heavy atom. The zero-order valence-corrected chi connectivity index (χ0v) is 8.23. The van der Waals surface area contributed by atoms with Crippen molar-refractivity contribution in [2.45, 2.75) is 6.61 Å². The van der Waals surface area contributed by atoms with Crippen LogP contribution in [0.2, 0.25) is 0 Å². The summed E-state index contributed by atoms with van der Waals surface area (Å²) in [5.41, 5.74) is -0.0640. The van der Waals surface area contributed by atoms with Crippen molar-refractivity contribution in [2.75, 3.05) is 14.2 Å². The number of aromatic amines is 1. The average Bonchev–Trinajstić information content (AvgIpc) is 2.61. The molecule has 0 unspecified atom stereocenters. The maximum Gasteiger partial charge on any atom is 0.356 e. The van der Waals surface area contributed by atoms with Gasteiger partial charge in [-0.3, -0.25) is 5.10 Å². The third-order valence-electron chi connectivity index (χ3n) is 1.75. The van der Waals surface area contributed by atoms with E-state index in [-0.39, 0.29) is 23.6 Å². The van der Waals surface area contributed by atoms with Gasteiger partial charge in [0.05, 0.1) is 13.7 Å². The van der Waals surface area contributed by atoms with Crippen LogP contribution in [0.4, 0.5) is 0 Å². The number of aromatic nitrogens is 2. The van der Waals surface area contributed by atoms with E-state index in [4.69, 9.17) is 9.84 Å². The minimum absolute atomic E-state index is 0.00301. The summed E-state index contributed by atoms with van der Waals surface area (Å²) in [6, 6.07) is 0. The van der Waals surface area contributed by atoms with E-state index in [1.807, 2.05) is 0 Å². The Morgan fingerprint density at radius 1 is 1.47 bits per heavy atom. The van der Waals surface area contributed by atoms with Crippen LogP contribution < -0.4 is 0 Å². The third-order valence-corrected chi connectivity index (χ3v) is 1.75. The van der Waals surface area contributed by atoms with Gasteiger partial charge in [0.2, 0.25) is 0 Å². The van der Waals surface area contributed by atoms with Crippen LogP contribution in [0.1, 0.15) is 26.5 Å². The van der Waals surface area contributed by atoms with Crippen LogP contribution in [0, 0.1) is 0 Å². The molecule has 0 saturated carbocycles. The maximum atomic E-state index is 11.2. The fraction of sp³-hybridized carbons (Fsp3) is 0.375. The van der Waals surface area contributed by atoms with Crippen molar-refractivity contribution in [3.8, 4) is 0 Å². The molecule has 0 aliphatic heterocycles. The number of methoxy groups -OCH3 is 2. The van der Waals surface area contributed by atoms with Gasteiger partial charge in [0.1, 0.15) is 5.69 Å². The average molecular weight is 214 g/mol.